The SMILES string of the molecule is COc1cc(C(C)(C)C)c2ncnn2c1. The molecule has 0 spiro atoms. The third kappa shape index (κ3) is 1.67. The molecule has 80 valence electrons. The van der Waals surface area contributed by atoms with Gasteiger partial charge in [-0.1, -0.05) is 20.8 Å². The quantitative estimate of drug-likeness (QED) is 0.715. The van der Waals surface area contributed by atoms with Crippen LogP contribution in [-0.4, -0.2) is 21.7 Å². The van der Waals surface area contributed by atoms with Crippen LogP contribution in [0.1, 0.15) is 26.3 Å². The summed E-state index contributed by atoms with van der Waals surface area (Å²) < 4.78 is 6.99. The van der Waals surface area contributed by atoms with Crippen molar-refractivity contribution in [3.8, 4) is 5.75 Å². The molecule has 2 heterocycles. The van der Waals surface area contributed by atoms with Gasteiger partial charge >= 0.3 is 0 Å². The minimum absolute atomic E-state index is 0.0306. The highest BCUT2D eigenvalue weighted by molar-refractivity contribution is 5.52. The van der Waals surface area contributed by atoms with Crippen molar-refractivity contribution in [3.63, 3.8) is 0 Å². The molecule has 4 nitrogen and oxygen atoms in total. The molecule has 0 saturated carbocycles. The van der Waals surface area contributed by atoms with Gasteiger partial charge in [0, 0.05) is 5.56 Å². The van der Waals surface area contributed by atoms with Gasteiger partial charge in [0.15, 0.2) is 5.65 Å². The molecule has 2 aromatic heterocycles. The summed E-state index contributed by atoms with van der Waals surface area (Å²) in [6.07, 6.45) is 3.39. The van der Waals surface area contributed by atoms with Gasteiger partial charge in [-0.25, -0.2) is 9.50 Å². The summed E-state index contributed by atoms with van der Waals surface area (Å²) in [5.74, 6) is 0.804. The van der Waals surface area contributed by atoms with E-state index in [1.54, 1.807) is 18.0 Å². The van der Waals surface area contributed by atoms with E-state index in [2.05, 4.69) is 30.9 Å². The molecule has 0 aliphatic rings. The zero-order valence-corrected chi connectivity index (χ0v) is 9.48. The van der Waals surface area contributed by atoms with Gasteiger partial charge < -0.3 is 4.74 Å². The molecule has 0 aliphatic carbocycles. The average molecular weight is 205 g/mol. The summed E-state index contributed by atoms with van der Waals surface area (Å²) in [5, 5.41) is 4.13. The van der Waals surface area contributed by atoms with Crippen molar-refractivity contribution in [1.82, 2.24) is 14.6 Å². The summed E-state index contributed by atoms with van der Waals surface area (Å²) in [4.78, 5) is 4.26. The van der Waals surface area contributed by atoms with Gasteiger partial charge in [0.1, 0.15) is 12.1 Å². The Hall–Kier alpha value is -1.58. The van der Waals surface area contributed by atoms with Crippen LogP contribution in [0.2, 0.25) is 0 Å². The fourth-order valence-electron chi connectivity index (χ4n) is 1.57. The van der Waals surface area contributed by atoms with E-state index < -0.39 is 0 Å². The largest absolute Gasteiger partial charge is 0.495 e. The molecule has 4 heteroatoms. The van der Waals surface area contributed by atoms with Gasteiger partial charge in [0.2, 0.25) is 0 Å². The van der Waals surface area contributed by atoms with Crippen molar-refractivity contribution in [2.24, 2.45) is 0 Å². The monoisotopic (exact) mass is 205 g/mol. The number of pyridine rings is 1. The predicted octanol–water partition coefficient (Wildman–Crippen LogP) is 2.04. The van der Waals surface area contributed by atoms with Crippen LogP contribution in [0.25, 0.3) is 5.65 Å². The Labute approximate surface area is 88.9 Å². The summed E-state index contributed by atoms with van der Waals surface area (Å²) in [7, 11) is 1.66. The molecule has 0 bridgehead atoms. The number of nitrogens with zero attached hydrogens (tertiary/aromatic N) is 3. The zero-order valence-electron chi connectivity index (χ0n) is 9.48. The first-order valence-corrected chi connectivity index (χ1v) is 4.90. The van der Waals surface area contributed by atoms with Crippen LogP contribution in [0, 0.1) is 0 Å². The number of aromatic nitrogens is 3. The fraction of sp³-hybridized carbons (Fsp3) is 0.455. The van der Waals surface area contributed by atoms with Gasteiger partial charge in [-0.2, -0.15) is 5.10 Å². The summed E-state index contributed by atoms with van der Waals surface area (Å²) in [6.45, 7) is 6.45. The van der Waals surface area contributed by atoms with E-state index in [1.165, 1.54) is 0 Å². The molecular weight excluding hydrogens is 190 g/mol. The second-order valence-corrected chi connectivity index (χ2v) is 4.57. The molecule has 0 aliphatic heterocycles. The Morgan fingerprint density at radius 3 is 2.67 bits per heavy atom. The minimum atomic E-state index is 0.0306. The van der Waals surface area contributed by atoms with Crippen LogP contribution in [0.4, 0.5) is 0 Å². The highest BCUT2D eigenvalue weighted by Gasteiger charge is 2.19. The molecule has 0 N–H and O–H groups in total. The lowest BCUT2D eigenvalue weighted by molar-refractivity contribution is 0.409. The molecule has 0 saturated heterocycles. The standard InChI is InChI=1S/C11H15N3O/c1-11(2,3)9-5-8(15-4)6-14-10(9)12-7-13-14/h5-7H,1-4H3. The molecule has 0 aromatic carbocycles. The summed E-state index contributed by atoms with van der Waals surface area (Å²) in [6, 6.07) is 2.02. The van der Waals surface area contributed by atoms with E-state index in [4.69, 9.17) is 4.74 Å². The van der Waals surface area contributed by atoms with Gasteiger partial charge in [0.25, 0.3) is 0 Å². The lowest BCUT2D eigenvalue weighted by Gasteiger charge is -2.19. The number of hydrogen-bond donors (Lipinski definition) is 0. The van der Waals surface area contributed by atoms with E-state index in [9.17, 15) is 0 Å². The summed E-state index contributed by atoms with van der Waals surface area (Å²) >= 11 is 0. The van der Waals surface area contributed by atoms with Crippen molar-refractivity contribution in [3.05, 3.63) is 24.2 Å². The van der Waals surface area contributed by atoms with Crippen LogP contribution in [0.5, 0.6) is 5.75 Å². The third-order valence-corrected chi connectivity index (χ3v) is 2.39. The predicted molar refractivity (Wildman–Crippen MR) is 58.2 cm³/mol. The molecule has 0 atom stereocenters. The van der Waals surface area contributed by atoms with Gasteiger partial charge in [-0.05, 0) is 11.5 Å². The molecule has 0 fully saturated rings. The van der Waals surface area contributed by atoms with Crippen LogP contribution >= 0.6 is 0 Å². The van der Waals surface area contributed by atoms with Crippen molar-refractivity contribution >= 4 is 5.65 Å². The zero-order chi connectivity index (χ0) is 11.1. The number of ether oxygens (including phenoxy) is 1. The first-order valence-electron chi connectivity index (χ1n) is 4.90. The van der Waals surface area contributed by atoms with Crippen molar-refractivity contribution < 1.29 is 4.74 Å². The molecule has 2 aromatic rings. The van der Waals surface area contributed by atoms with Crippen LogP contribution in [0.15, 0.2) is 18.6 Å². The van der Waals surface area contributed by atoms with Crippen LogP contribution < -0.4 is 4.74 Å². The van der Waals surface area contributed by atoms with E-state index in [0.717, 1.165) is 17.0 Å². The lowest BCUT2D eigenvalue weighted by Crippen LogP contribution is -2.13. The molecule has 0 unspecified atom stereocenters. The fourth-order valence-corrected chi connectivity index (χ4v) is 1.57. The Balaban J connectivity index is 2.74. The highest BCUT2D eigenvalue weighted by Crippen LogP contribution is 2.28. The molecular formula is C11H15N3O. The molecule has 0 amide bonds. The Morgan fingerprint density at radius 1 is 1.33 bits per heavy atom. The maximum absolute atomic E-state index is 5.24. The lowest BCUT2D eigenvalue weighted by atomic mass is 9.87. The maximum atomic E-state index is 5.24. The van der Waals surface area contributed by atoms with Gasteiger partial charge in [-0.3, -0.25) is 0 Å². The molecule has 0 radical (unpaired) electrons. The van der Waals surface area contributed by atoms with Crippen LogP contribution in [-0.2, 0) is 5.41 Å². The molecule has 2 rings (SSSR count). The average Bonchev–Trinajstić information content (AvgIpc) is 2.61. The highest BCUT2D eigenvalue weighted by atomic mass is 16.5. The molecule has 15 heavy (non-hydrogen) atoms. The smallest absolute Gasteiger partial charge is 0.159 e. The topological polar surface area (TPSA) is 39.4 Å². The normalized spacial score (nSPS) is 12.0. The van der Waals surface area contributed by atoms with E-state index in [-0.39, 0.29) is 5.41 Å². The van der Waals surface area contributed by atoms with Crippen molar-refractivity contribution in [2.45, 2.75) is 26.2 Å². The second-order valence-electron chi connectivity index (χ2n) is 4.57. The Morgan fingerprint density at radius 2 is 2.07 bits per heavy atom. The first-order chi connectivity index (χ1) is 7.02. The number of rotatable bonds is 1. The Bertz CT molecular complexity index is 482. The maximum Gasteiger partial charge on any atom is 0.159 e. The van der Waals surface area contributed by atoms with E-state index in [1.807, 2.05) is 12.3 Å². The second kappa shape index (κ2) is 3.22. The number of methoxy groups -OCH3 is 1. The number of fused-ring (bicyclic) bond motifs is 1. The van der Waals surface area contributed by atoms with Crippen molar-refractivity contribution in [2.75, 3.05) is 7.11 Å². The minimum Gasteiger partial charge on any atom is -0.495 e. The number of hydrogen-bond acceptors (Lipinski definition) is 3. The van der Waals surface area contributed by atoms with Gasteiger partial charge in [-0.15, -0.1) is 0 Å². The van der Waals surface area contributed by atoms with Crippen molar-refractivity contribution in [1.29, 1.82) is 0 Å². The van der Waals surface area contributed by atoms with E-state index >= 15 is 0 Å². The third-order valence-electron chi connectivity index (χ3n) is 2.39. The van der Waals surface area contributed by atoms with Gasteiger partial charge in [0.05, 0.1) is 13.3 Å². The first kappa shape index (κ1) is 9.96. The summed E-state index contributed by atoms with van der Waals surface area (Å²) in [5.41, 5.74) is 2.06. The van der Waals surface area contributed by atoms with Crippen LogP contribution in [0.3, 0.4) is 0 Å². The Kier molecular flexibility index (Phi) is 2.14. The van der Waals surface area contributed by atoms with E-state index in [0.29, 0.717) is 0 Å².